The van der Waals surface area contributed by atoms with Crippen molar-refractivity contribution in [3.05, 3.63) is 24.3 Å². The number of hydrogen-bond acceptors (Lipinski definition) is 6. The Bertz CT molecular complexity index is 835. The lowest BCUT2D eigenvalue weighted by Crippen LogP contribution is -2.30. The predicted molar refractivity (Wildman–Crippen MR) is 215 cm³/mol. The van der Waals surface area contributed by atoms with Gasteiger partial charge in [0.15, 0.2) is 6.10 Å². The van der Waals surface area contributed by atoms with Gasteiger partial charge in [0.2, 0.25) is 0 Å². The van der Waals surface area contributed by atoms with Crippen LogP contribution in [0.4, 0.5) is 0 Å². The number of unbranched alkanes of at least 4 members (excludes halogenated alkanes) is 24. The highest BCUT2D eigenvalue weighted by atomic mass is 16.6. The van der Waals surface area contributed by atoms with Crippen molar-refractivity contribution >= 4 is 17.9 Å². The highest BCUT2D eigenvalue weighted by molar-refractivity contribution is 5.71. The molecule has 0 aliphatic heterocycles. The van der Waals surface area contributed by atoms with Crippen LogP contribution in [0.25, 0.3) is 0 Å². The van der Waals surface area contributed by atoms with Crippen LogP contribution < -0.4 is 0 Å². The molecule has 0 bridgehead atoms. The van der Waals surface area contributed by atoms with Crippen molar-refractivity contribution in [1.82, 2.24) is 0 Å². The quantitative estimate of drug-likeness (QED) is 0.0272. The van der Waals surface area contributed by atoms with Gasteiger partial charge in [-0.2, -0.15) is 0 Å². The molecule has 0 rings (SSSR count). The van der Waals surface area contributed by atoms with E-state index in [1.807, 2.05) is 0 Å². The fourth-order valence-corrected chi connectivity index (χ4v) is 6.10. The fourth-order valence-electron chi connectivity index (χ4n) is 6.10. The Kier molecular flexibility index (Phi) is 39.0. The second-order valence-electron chi connectivity index (χ2n) is 14.6. The van der Waals surface area contributed by atoms with Crippen molar-refractivity contribution in [2.75, 3.05) is 13.2 Å². The first-order valence-electron chi connectivity index (χ1n) is 21.8. The first-order valence-corrected chi connectivity index (χ1v) is 21.8. The van der Waals surface area contributed by atoms with E-state index in [0.29, 0.717) is 19.3 Å². The second kappa shape index (κ2) is 40.7. The first-order chi connectivity index (χ1) is 25.0. The molecule has 0 aliphatic carbocycles. The van der Waals surface area contributed by atoms with Crippen molar-refractivity contribution in [3.63, 3.8) is 0 Å². The zero-order valence-electron chi connectivity index (χ0n) is 33.9. The third-order valence-electron chi connectivity index (χ3n) is 9.46. The minimum Gasteiger partial charge on any atom is -0.462 e. The molecule has 1 atom stereocenters. The fraction of sp³-hybridized carbons (Fsp3) is 0.844. The number of allylic oxidation sites excluding steroid dienone is 4. The molecule has 0 spiro atoms. The Morgan fingerprint density at radius 3 is 1.14 bits per heavy atom. The number of esters is 3. The summed E-state index contributed by atoms with van der Waals surface area (Å²) in [7, 11) is 0. The zero-order valence-corrected chi connectivity index (χ0v) is 33.9. The maximum absolute atomic E-state index is 12.7. The van der Waals surface area contributed by atoms with E-state index in [4.69, 9.17) is 14.2 Å². The van der Waals surface area contributed by atoms with Crippen LogP contribution in [0.2, 0.25) is 0 Å². The minimum absolute atomic E-state index is 0.0735. The summed E-state index contributed by atoms with van der Waals surface area (Å²) in [6, 6.07) is 0. The van der Waals surface area contributed by atoms with Gasteiger partial charge in [-0.1, -0.05) is 186 Å². The molecule has 0 fully saturated rings. The maximum atomic E-state index is 12.7. The molecule has 0 aliphatic rings. The van der Waals surface area contributed by atoms with Gasteiger partial charge in [0.1, 0.15) is 13.2 Å². The van der Waals surface area contributed by atoms with Crippen LogP contribution in [0.3, 0.4) is 0 Å². The standard InChI is InChI=1S/C45H82O6/c1-4-7-10-13-16-18-20-22-24-25-27-29-32-35-38-44(47)50-41-42(40-49-43(46)37-34-31-15-12-9-6-3)51-45(48)39-36-33-30-28-26-23-21-19-17-14-11-8-5-2/h13,16,20,22,42H,4-12,14-15,17-19,21,23-41H2,1-3H3/b16-13-,22-20-. The smallest absolute Gasteiger partial charge is 0.306 e. The first kappa shape index (κ1) is 48.9. The molecule has 0 radical (unpaired) electrons. The monoisotopic (exact) mass is 719 g/mol. The third kappa shape index (κ3) is 38.9. The van der Waals surface area contributed by atoms with Crippen LogP contribution >= 0.6 is 0 Å². The van der Waals surface area contributed by atoms with E-state index in [1.54, 1.807) is 0 Å². The average molecular weight is 719 g/mol. The van der Waals surface area contributed by atoms with Gasteiger partial charge in [0.05, 0.1) is 0 Å². The second-order valence-corrected chi connectivity index (χ2v) is 14.6. The molecule has 1 unspecified atom stereocenters. The van der Waals surface area contributed by atoms with Crippen molar-refractivity contribution in [2.45, 2.75) is 232 Å². The van der Waals surface area contributed by atoms with Gasteiger partial charge in [0.25, 0.3) is 0 Å². The Morgan fingerprint density at radius 1 is 0.392 bits per heavy atom. The Hall–Kier alpha value is -2.11. The topological polar surface area (TPSA) is 78.9 Å². The summed E-state index contributed by atoms with van der Waals surface area (Å²) in [4.78, 5) is 37.5. The van der Waals surface area contributed by atoms with Gasteiger partial charge in [-0.25, -0.2) is 0 Å². The third-order valence-corrected chi connectivity index (χ3v) is 9.46. The van der Waals surface area contributed by atoms with Gasteiger partial charge in [-0.3, -0.25) is 14.4 Å². The summed E-state index contributed by atoms with van der Waals surface area (Å²) in [5.41, 5.74) is 0. The van der Waals surface area contributed by atoms with Gasteiger partial charge in [-0.05, 0) is 44.9 Å². The van der Waals surface area contributed by atoms with Crippen LogP contribution in [0.1, 0.15) is 226 Å². The van der Waals surface area contributed by atoms with Crippen LogP contribution in [0.5, 0.6) is 0 Å². The molecule has 0 amide bonds. The molecule has 51 heavy (non-hydrogen) atoms. The molecule has 0 aromatic heterocycles. The van der Waals surface area contributed by atoms with Gasteiger partial charge < -0.3 is 14.2 Å². The lowest BCUT2D eigenvalue weighted by molar-refractivity contribution is -0.167. The van der Waals surface area contributed by atoms with Gasteiger partial charge >= 0.3 is 17.9 Å². The van der Waals surface area contributed by atoms with Crippen molar-refractivity contribution in [1.29, 1.82) is 0 Å². The Labute approximate surface area is 315 Å². The van der Waals surface area contributed by atoms with Crippen LogP contribution in [-0.2, 0) is 28.6 Å². The van der Waals surface area contributed by atoms with Crippen molar-refractivity contribution in [3.8, 4) is 0 Å². The SMILES string of the molecule is CCCC/C=C\C/C=C\CCCCCCCC(=O)OCC(COC(=O)CCCCCCCC)OC(=O)CCCCCCCCCCCCCCC. The average Bonchev–Trinajstić information content (AvgIpc) is 3.13. The largest absolute Gasteiger partial charge is 0.462 e. The van der Waals surface area contributed by atoms with Crippen molar-refractivity contribution < 1.29 is 28.6 Å². The molecule has 6 heteroatoms. The van der Waals surface area contributed by atoms with Crippen LogP contribution in [0.15, 0.2) is 24.3 Å². The molecule has 0 aromatic carbocycles. The van der Waals surface area contributed by atoms with Gasteiger partial charge in [0, 0.05) is 19.3 Å². The summed E-state index contributed by atoms with van der Waals surface area (Å²) < 4.78 is 16.6. The molecule has 0 N–H and O–H groups in total. The van der Waals surface area contributed by atoms with E-state index in [-0.39, 0.29) is 31.1 Å². The van der Waals surface area contributed by atoms with E-state index in [9.17, 15) is 14.4 Å². The molecule has 0 aromatic rings. The predicted octanol–water partition coefficient (Wildman–Crippen LogP) is 13.6. The summed E-state index contributed by atoms with van der Waals surface area (Å²) >= 11 is 0. The van der Waals surface area contributed by atoms with E-state index >= 15 is 0 Å². The lowest BCUT2D eigenvalue weighted by Gasteiger charge is -2.18. The van der Waals surface area contributed by atoms with Crippen LogP contribution in [0, 0.1) is 0 Å². The molecule has 0 saturated carbocycles. The highest BCUT2D eigenvalue weighted by Gasteiger charge is 2.19. The Morgan fingerprint density at radius 2 is 0.725 bits per heavy atom. The summed E-state index contributed by atoms with van der Waals surface area (Å²) in [5.74, 6) is -0.894. The molecule has 6 nitrogen and oxygen atoms in total. The normalized spacial score (nSPS) is 12.1. The Balaban J connectivity index is 4.29. The van der Waals surface area contributed by atoms with Crippen LogP contribution in [-0.4, -0.2) is 37.2 Å². The highest BCUT2D eigenvalue weighted by Crippen LogP contribution is 2.14. The molecular weight excluding hydrogens is 636 g/mol. The number of hydrogen-bond donors (Lipinski definition) is 0. The summed E-state index contributed by atoms with van der Waals surface area (Å²) in [6.07, 6.45) is 43.1. The molecule has 0 heterocycles. The number of carbonyl (C=O) groups excluding carboxylic acids is 3. The van der Waals surface area contributed by atoms with E-state index < -0.39 is 6.10 Å². The van der Waals surface area contributed by atoms with E-state index in [2.05, 4.69) is 45.1 Å². The maximum Gasteiger partial charge on any atom is 0.306 e. The number of carbonyl (C=O) groups is 3. The van der Waals surface area contributed by atoms with Crippen molar-refractivity contribution in [2.24, 2.45) is 0 Å². The summed E-state index contributed by atoms with van der Waals surface area (Å²) in [6.45, 7) is 6.52. The number of rotatable bonds is 39. The zero-order chi connectivity index (χ0) is 37.3. The minimum atomic E-state index is -0.767. The number of ether oxygens (including phenoxy) is 3. The summed E-state index contributed by atoms with van der Waals surface area (Å²) in [5, 5.41) is 0. The molecular formula is C45H82O6. The molecule has 298 valence electrons. The molecule has 0 saturated heterocycles. The van der Waals surface area contributed by atoms with Gasteiger partial charge in [-0.15, -0.1) is 0 Å². The van der Waals surface area contributed by atoms with E-state index in [1.165, 1.54) is 109 Å². The van der Waals surface area contributed by atoms with E-state index in [0.717, 1.165) is 77.0 Å². The lowest BCUT2D eigenvalue weighted by atomic mass is 10.0.